The van der Waals surface area contributed by atoms with Crippen molar-refractivity contribution in [1.29, 1.82) is 0 Å². The molecule has 0 bridgehead atoms. The van der Waals surface area contributed by atoms with Gasteiger partial charge in [0.15, 0.2) is 0 Å². The summed E-state index contributed by atoms with van der Waals surface area (Å²) in [5, 5.41) is 13.9. The fourth-order valence-electron chi connectivity index (χ4n) is 2.62. The number of halogens is 1. The molecule has 2 unspecified atom stereocenters. The van der Waals surface area contributed by atoms with Crippen molar-refractivity contribution in [3.05, 3.63) is 30.3 Å². The van der Waals surface area contributed by atoms with Crippen molar-refractivity contribution in [3.8, 4) is 0 Å². The summed E-state index contributed by atoms with van der Waals surface area (Å²) < 4.78 is 13.7. The Morgan fingerprint density at radius 2 is 2.05 bits per heavy atom. The van der Waals surface area contributed by atoms with Gasteiger partial charge >= 0.3 is 0 Å². The van der Waals surface area contributed by atoms with Crippen LogP contribution in [0.25, 0.3) is 10.9 Å². The summed E-state index contributed by atoms with van der Waals surface area (Å²) in [5.41, 5.74) is 0.310. The third-order valence-electron chi connectivity index (χ3n) is 3.67. The highest BCUT2D eigenvalue weighted by molar-refractivity contribution is 5.89. The molecule has 4 nitrogen and oxygen atoms in total. The molecule has 1 fully saturated rings. The van der Waals surface area contributed by atoms with Gasteiger partial charge < -0.3 is 10.4 Å². The minimum Gasteiger partial charge on any atom is -0.391 e. The van der Waals surface area contributed by atoms with Gasteiger partial charge in [-0.05, 0) is 25.0 Å². The number of benzene rings is 1. The Morgan fingerprint density at radius 1 is 1.21 bits per heavy atom. The van der Waals surface area contributed by atoms with E-state index >= 15 is 0 Å². The Balaban J connectivity index is 1.94. The van der Waals surface area contributed by atoms with Gasteiger partial charge in [-0.25, -0.2) is 14.4 Å². The smallest absolute Gasteiger partial charge is 0.149 e. The Labute approximate surface area is 110 Å². The average Bonchev–Trinajstić information content (AvgIpc) is 2.42. The van der Waals surface area contributed by atoms with Crippen molar-refractivity contribution < 1.29 is 9.50 Å². The number of rotatable bonds is 2. The highest BCUT2D eigenvalue weighted by Crippen LogP contribution is 2.26. The van der Waals surface area contributed by atoms with E-state index in [2.05, 4.69) is 15.3 Å². The molecule has 100 valence electrons. The largest absolute Gasteiger partial charge is 0.391 e. The second-order valence-electron chi connectivity index (χ2n) is 4.96. The third-order valence-corrected chi connectivity index (χ3v) is 3.67. The summed E-state index contributed by atoms with van der Waals surface area (Å²) >= 11 is 0. The van der Waals surface area contributed by atoms with E-state index in [0.29, 0.717) is 16.7 Å². The fraction of sp³-hybridized carbons (Fsp3) is 0.429. The molecule has 1 saturated carbocycles. The van der Waals surface area contributed by atoms with Crippen LogP contribution < -0.4 is 5.32 Å². The number of aliphatic hydroxyl groups excluding tert-OH is 1. The summed E-state index contributed by atoms with van der Waals surface area (Å²) in [7, 11) is 0. The maximum Gasteiger partial charge on any atom is 0.149 e. The van der Waals surface area contributed by atoms with Gasteiger partial charge in [-0.2, -0.15) is 0 Å². The molecule has 1 aliphatic rings. The number of nitrogens with zero attached hydrogens (tertiary/aromatic N) is 2. The highest BCUT2D eigenvalue weighted by atomic mass is 19.1. The standard InChI is InChI=1S/C14H16FN3O/c15-10-5-3-4-9-13(10)16-8-17-14(9)18-11-6-1-2-7-12(11)19/h3-5,8,11-12,19H,1-2,6-7H2,(H,16,17,18). The Morgan fingerprint density at radius 3 is 2.89 bits per heavy atom. The lowest BCUT2D eigenvalue weighted by molar-refractivity contribution is 0.116. The van der Waals surface area contributed by atoms with Gasteiger partial charge in [-0.1, -0.05) is 18.9 Å². The van der Waals surface area contributed by atoms with Gasteiger partial charge in [-0.15, -0.1) is 0 Å². The monoisotopic (exact) mass is 261 g/mol. The number of fused-ring (bicyclic) bond motifs is 1. The van der Waals surface area contributed by atoms with Gasteiger partial charge in [0, 0.05) is 5.39 Å². The van der Waals surface area contributed by atoms with Crippen LogP contribution in [0.3, 0.4) is 0 Å². The lowest BCUT2D eigenvalue weighted by Crippen LogP contribution is -2.36. The zero-order valence-electron chi connectivity index (χ0n) is 10.5. The normalized spacial score (nSPS) is 23.5. The summed E-state index contributed by atoms with van der Waals surface area (Å²) in [6, 6.07) is 4.80. The topological polar surface area (TPSA) is 58.0 Å². The van der Waals surface area contributed by atoms with Gasteiger partial charge in [0.05, 0.1) is 12.1 Å². The number of aliphatic hydroxyl groups is 1. The lowest BCUT2D eigenvalue weighted by atomic mass is 9.92. The van der Waals surface area contributed by atoms with E-state index in [1.165, 1.54) is 12.4 Å². The predicted molar refractivity (Wildman–Crippen MR) is 71.4 cm³/mol. The molecule has 0 spiro atoms. The van der Waals surface area contributed by atoms with Crippen molar-refractivity contribution in [1.82, 2.24) is 9.97 Å². The molecule has 2 N–H and O–H groups in total. The van der Waals surface area contributed by atoms with Crippen LogP contribution in [0.1, 0.15) is 25.7 Å². The molecule has 1 aromatic heterocycles. The number of para-hydroxylation sites is 1. The van der Waals surface area contributed by atoms with Gasteiger partial charge in [0.2, 0.25) is 0 Å². The molecule has 2 aromatic rings. The Kier molecular flexibility index (Phi) is 3.29. The molecule has 0 saturated heterocycles. The second kappa shape index (κ2) is 5.09. The molecule has 5 heteroatoms. The first-order chi connectivity index (χ1) is 9.25. The second-order valence-corrected chi connectivity index (χ2v) is 4.96. The van der Waals surface area contributed by atoms with E-state index in [0.717, 1.165) is 25.7 Å². The van der Waals surface area contributed by atoms with Crippen LogP contribution in [-0.2, 0) is 0 Å². The maximum atomic E-state index is 13.7. The molecular weight excluding hydrogens is 245 g/mol. The Hall–Kier alpha value is -1.75. The van der Waals surface area contributed by atoms with Gasteiger partial charge in [0.25, 0.3) is 0 Å². The average molecular weight is 261 g/mol. The molecular formula is C14H16FN3O. The first-order valence-corrected chi connectivity index (χ1v) is 6.59. The molecule has 1 aliphatic carbocycles. The fourth-order valence-corrected chi connectivity index (χ4v) is 2.62. The van der Waals surface area contributed by atoms with E-state index in [-0.39, 0.29) is 18.0 Å². The van der Waals surface area contributed by atoms with Crippen LogP contribution in [-0.4, -0.2) is 27.2 Å². The molecule has 2 atom stereocenters. The van der Waals surface area contributed by atoms with E-state index < -0.39 is 0 Å². The third kappa shape index (κ3) is 2.38. The SMILES string of the molecule is OC1CCCCC1Nc1ncnc2c(F)cccc12. The maximum absolute atomic E-state index is 13.7. The van der Waals surface area contributed by atoms with E-state index in [9.17, 15) is 9.50 Å². The summed E-state index contributed by atoms with van der Waals surface area (Å²) in [6.45, 7) is 0. The predicted octanol–water partition coefficient (Wildman–Crippen LogP) is 2.48. The molecule has 1 heterocycles. The number of aromatic nitrogens is 2. The first-order valence-electron chi connectivity index (χ1n) is 6.59. The first kappa shape index (κ1) is 12.3. The number of hydrogen-bond donors (Lipinski definition) is 2. The van der Waals surface area contributed by atoms with Gasteiger partial charge in [-0.3, -0.25) is 0 Å². The Bertz CT molecular complexity index is 590. The van der Waals surface area contributed by atoms with E-state index in [1.807, 2.05) is 0 Å². The minimum atomic E-state index is -0.368. The molecule has 0 radical (unpaired) electrons. The van der Waals surface area contributed by atoms with Crippen molar-refractivity contribution in [2.45, 2.75) is 37.8 Å². The lowest BCUT2D eigenvalue weighted by Gasteiger charge is -2.29. The highest BCUT2D eigenvalue weighted by Gasteiger charge is 2.23. The summed E-state index contributed by atoms with van der Waals surface area (Å²) in [4.78, 5) is 8.14. The van der Waals surface area contributed by atoms with Crippen LogP contribution >= 0.6 is 0 Å². The molecule has 0 aliphatic heterocycles. The molecule has 0 amide bonds. The number of anilines is 1. The summed E-state index contributed by atoms with van der Waals surface area (Å²) in [6.07, 6.45) is 4.83. The minimum absolute atomic E-state index is 0.0184. The van der Waals surface area contributed by atoms with Gasteiger partial charge in [0.1, 0.15) is 23.5 Å². The van der Waals surface area contributed by atoms with Crippen molar-refractivity contribution in [3.63, 3.8) is 0 Å². The van der Waals surface area contributed by atoms with Crippen LogP contribution in [0, 0.1) is 5.82 Å². The zero-order chi connectivity index (χ0) is 13.2. The van der Waals surface area contributed by atoms with E-state index in [1.54, 1.807) is 12.1 Å². The summed E-state index contributed by atoms with van der Waals surface area (Å²) in [5.74, 6) is 0.239. The zero-order valence-corrected chi connectivity index (χ0v) is 10.5. The van der Waals surface area contributed by atoms with Crippen molar-refractivity contribution in [2.75, 3.05) is 5.32 Å². The van der Waals surface area contributed by atoms with Crippen LogP contribution in [0.4, 0.5) is 10.2 Å². The molecule has 19 heavy (non-hydrogen) atoms. The number of hydrogen-bond acceptors (Lipinski definition) is 4. The van der Waals surface area contributed by atoms with Crippen LogP contribution in [0.5, 0.6) is 0 Å². The van der Waals surface area contributed by atoms with E-state index in [4.69, 9.17) is 0 Å². The number of nitrogens with one attached hydrogen (secondary N) is 1. The molecule has 1 aromatic carbocycles. The van der Waals surface area contributed by atoms with Crippen LogP contribution in [0.15, 0.2) is 24.5 Å². The molecule has 3 rings (SSSR count). The quantitative estimate of drug-likeness (QED) is 0.872. The van der Waals surface area contributed by atoms with Crippen molar-refractivity contribution in [2.24, 2.45) is 0 Å². The van der Waals surface area contributed by atoms with Crippen LogP contribution in [0.2, 0.25) is 0 Å². The van der Waals surface area contributed by atoms with Crippen molar-refractivity contribution >= 4 is 16.7 Å².